The summed E-state index contributed by atoms with van der Waals surface area (Å²) in [5, 5.41) is 8.61. The van der Waals surface area contributed by atoms with Crippen LogP contribution in [0, 0.1) is 6.92 Å². The third-order valence-electron chi connectivity index (χ3n) is 6.66. The number of rotatable bonds is 5. The monoisotopic (exact) mass is 404 g/mol. The highest BCUT2D eigenvalue weighted by atomic mass is 16.2. The van der Waals surface area contributed by atoms with Gasteiger partial charge in [-0.1, -0.05) is 11.6 Å². The van der Waals surface area contributed by atoms with Crippen molar-refractivity contribution in [1.29, 1.82) is 0 Å². The Bertz CT molecular complexity index is 1130. The van der Waals surface area contributed by atoms with E-state index in [1.54, 1.807) is 0 Å². The number of carbonyl (C=O) groups excluding carboxylic acids is 2. The molecule has 0 saturated heterocycles. The minimum absolute atomic E-state index is 0.0975. The maximum Gasteiger partial charge on any atom is 0.252 e. The van der Waals surface area contributed by atoms with E-state index in [1.807, 2.05) is 37.6 Å². The van der Waals surface area contributed by atoms with Gasteiger partial charge in [-0.25, -0.2) is 9.67 Å². The molecule has 0 bridgehead atoms. The van der Waals surface area contributed by atoms with Crippen LogP contribution >= 0.6 is 0 Å². The molecule has 1 amide bonds. The zero-order chi connectivity index (χ0) is 21.0. The number of aromatic nitrogens is 3. The van der Waals surface area contributed by atoms with E-state index in [4.69, 9.17) is 10.1 Å². The maximum atomic E-state index is 13.3. The molecule has 30 heavy (non-hydrogen) atoms. The fourth-order valence-electron chi connectivity index (χ4n) is 4.58. The SMILES string of the molecule is CC1=CC(C)=C(CNC(=O)c2cc(C3CC3)nc3c2c(C)nn3C2CCC2)C(=O)C1. The lowest BCUT2D eigenvalue weighted by atomic mass is 9.92. The summed E-state index contributed by atoms with van der Waals surface area (Å²) in [4.78, 5) is 30.6. The van der Waals surface area contributed by atoms with Crippen molar-refractivity contribution in [2.45, 2.75) is 71.3 Å². The molecule has 0 aromatic carbocycles. The van der Waals surface area contributed by atoms with Crippen LogP contribution in [0.5, 0.6) is 0 Å². The van der Waals surface area contributed by atoms with Gasteiger partial charge in [0, 0.05) is 30.2 Å². The number of hydrogen-bond acceptors (Lipinski definition) is 4. The zero-order valence-corrected chi connectivity index (χ0v) is 17.9. The highest BCUT2D eigenvalue weighted by Crippen LogP contribution is 2.41. The molecule has 1 N–H and O–H groups in total. The normalized spacial score (nSPS) is 19.8. The van der Waals surface area contributed by atoms with E-state index in [1.165, 1.54) is 6.42 Å². The molecule has 2 saturated carbocycles. The minimum Gasteiger partial charge on any atom is -0.348 e. The highest BCUT2D eigenvalue weighted by Gasteiger charge is 2.31. The van der Waals surface area contributed by atoms with Gasteiger partial charge in [0.05, 0.1) is 22.7 Å². The lowest BCUT2D eigenvalue weighted by molar-refractivity contribution is -0.115. The Labute approximate surface area is 176 Å². The summed E-state index contributed by atoms with van der Waals surface area (Å²) < 4.78 is 2.04. The molecule has 6 nitrogen and oxygen atoms in total. The largest absolute Gasteiger partial charge is 0.348 e. The lowest BCUT2D eigenvalue weighted by Gasteiger charge is -2.26. The zero-order valence-electron chi connectivity index (χ0n) is 17.9. The molecule has 2 fully saturated rings. The molecule has 3 aliphatic rings. The molecule has 2 aromatic rings. The number of allylic oxidation sites excluding steroid dienone is 3. The Balaban J connectivity index is 1.50. The summed E-state index contributed by atoms with van der Waals surface area (Å²) in [5.41, 5.74) is 6.03. The van der Waals surface area contributed by atoms with Crippen molar-refractivity contribution in [3.05, 3.63) is 45.8 Å². The van der Waals surface area contributed by atoms with Gasteiger partial charge >= 0.3 is 0 Å². The van der Waals surface area contributed by atoms with Crippen LogP contribution in [-0.4, -0.2) is 33.0 Å². The molecule has 0 aliphatic heterocycles. The standard InChI is InChI=1S/C24H28N4O2/c1-13-9-14(2)19(21(29)10-13)12-25-24(30)18-11-20(16-7-8-16)26-23-22(18)15(3)27-28(23)17-5-4-6-17/h9,11,16-17H,4-8,10,12H2,1-3H3,(H,25,30). The number of carbonyl (C=O) groups is 2. The second kappa shape index (κ2) is 7.18. The summed E-state index contributed by atoms with van der Waals surface area (Å²) in [6, 6.07) is 2.34. The van der Waals surface area contributed by atoms with Crippen LogP contribution in [0.15, 0.2) is 28.9 Å². The highest BCUT2D eigenvalue weighted by molar-refractivity contribution is 6.07. The Hall–Kier alpha value is -2.76. The van der Waals surface area contributed by atoms with Crippen molar-refractivity contribution >= 4 is 22.7 Å². The lowest BCUT2D eigenvalue weighted by Crippen LogP contribution is -2.29. The number of nitrogens with zero attached hydrogens (tertiary/aromatic N) is 3. The van der Waals surface area contributed by atoms with E-state index >= 15 is 0 Å². The molecule has 3 aliphatic carbocycles. The van der Waals surface area contributed by atoms with Gasteiger partial charge < -0.3 is 5.32 Å². The molecule has 0 spiro atoms. The van der Waals surface area contributed by atoms with E-state index in [-0.39, 0.29) is 18.2 Å². The molecule has 5 rings (SSSR count). The Morgan fingerprint density at radius 1 is 1.20 bits per heavy atom. The van der Waals surface area contributed by atoms with Gasteiger partial charge in [-0.3, -0.25) is 9.59 Å². The first-order valence-corrected chi connectivity index (χ1v) is 11.0. The van der Waals surface area contributed by atoms with Crippen LogP contribution in [0.25, 0.3) is 11.0 Å². The number of hydrogen-bond donors (Lipinski definition) is 1. The van der Waals surface area contributed by atoms with Crippen molar-refractivity contribution in [1.82, 2.24) is 20.1 Å². The fraction of sp³-hybridized carbons (Fsp3) is 0.500. The molecular formula is C24H28N4O2. The second-order valence-corrected chi connectivity index (χ2v) is 9.12. The van der Waals surface area contributed by atoms with Gasteiger partial charge in [0.25, 0.3) is 5.91 Å². The van der Waals surface area contributed by atoms with Crippen molar-refractivity contribution in [2.75, 3.05) is 6.54 Å². The van der Waals surface area contributed by atoms with Crippen LogP contribution in [-0.2, 0) is 4.79 Å². The smallest absolute Gasteiger partial charge is 0.252 e. The van der Waals surface area contributed by atoms with E-state index in [0.29, 0.717) is 29.5 Å². The predicted octanol–water partition coefficient (Wildman–Crippen LogP) is 4.31. The van der Waals surface area contributed by atoms with Gasteiger partial charge in [0.2, 0.25) is 0 Å². The third-order valence-corrected chi connectivity index (χ3v) is 6.66. The maximum absolute atomic E-state index is 13.3. The van der Waals surface area contributed by atoms with Crippen molar-refractivity contribution in [3.8, 4) is 0 Å². The first-order chi connectivity index (χ1) is 14.4. The van der Waals surface area contributed by atoms with Gasteiger partial charge in [-0.15, -0.1) is 0 Å². The topological polar surface area (TPSA) is 76.9 Å². The summed E-state index contributed by atoms with van der Waals surface area (Å²) in [6.07, 6.45) is 8.18. The molecule has 156 valence electrons. The number of fused-ring (bicyclic) bond motifs is 1. The van der Waals surface area contributed by atoms with Crippen LogP contribution in [0.2, 0.25) is 0 Å². The van der Waals surface area contributed by atoms with Crippen LogP contribution in [0.3, 0.4) is 0 Å². The number of pyridine rings is 1. The first kappa shape index (κ1) is 19.2. The Morgan fingerprint density at radius 2 is 1.97 bits per heavy atom. The van der Waals surface area contributed by atoms with Crippen molar-refractivity contribution in [3.63, 3.8) is 0 Å². The van der Waals surface area contributed by atoms with E-state index in [2.05, 4.69) is 5.32 Å². The van der Waals surface area contributed by atoms with Crippen molar-refractivity contribution < 1.29 is 9.59 Å². The number of amides is 1. The van der Waals surface area contributed by atoms with Gasteiger partial charge in [-0.2, -0.15) is 5.10 Å². The second-order valence-electron chi connectivity index (χ2n) is 9.12. The molecule has 6 heteroatoms. The number of aryl methyl sites for hydroxylation is 1. The molecular weight excluding hydrogens is 376 g/mol. The third kappa shape index (κ3) is 3.28. The number of Topliss-reactive ketones (excluding diaryl/α,β-unsaturated/α-hetero) is 1. The van der Waals surface area contributed by atoms with E-state index < -0.39 is 0 Å². The van der Waals surface area contributed by atoms with Crippen LogP contribution < -0.4 is 5.32 Å². The van der Waals surface area contributed by atoms with Crippen LogP contribution in [0.1, 0.15) is 86.1 Å². The fourth-order valence-corrected chi connectivity index (χ4v) is 4.58. The Kier molecular flexibility index (Phi) is 4.60. The van der Waals surface area contributed by atoms with E-state index in [0.717, 1.165) is 59.3 Å². The molecule has 0 radical (unpaired) electrons. The molecule has 0 unspecified atom stereocenters. The predicted molar refractivity (Wildman–Crippen MR) is 116 cm³/mol. The quantitative estimate of drug-likeness (QED) is 0.806. The average Bonchev–Trinajstić information content (AvgIpc) is 3.44. The van der Waals surface area contributed by atoms with Gasteiger partial charge in [0.15, 0.2) is 11.4 Å². The van der Waals surface area contributed by atoms with Crippen molar-refractivity contribution in [2.24, 2.45) is 0 Å². The molecule has 2 aromatic heterocycles. The summed E-state index contributed by atoms with van der Waals surface area (Å²) in [5.74, 6) is 0.393. The summed E-state index contributed by atoms with van der Waals surface area (Å²) in [7, 11) is 0. The summed E-state index contributed by atoms with van der Waals surface area (Å²) >= 11 is 0. The number of ketones is 1. The minimum atomic E-state index is -0.153. The van der Waals surface area contributed by atoms with E-state index in [9.17, 15) is 9.59 Å². The summed E-state index contributed by atoms with van der Waals surface area (Å²) in [6.45, 7) is 6.11. The van der Waals surface area contributed by atoms with Gasteiger partial charge in [0.1, 0.15) is 0 Å². The van der Waals surface area contributed by atoms with Gasteiger partial charge in [-0.05, 0) is 64.5 Å². The molecule has 2 heterocycles. The number of nitrogens with one attached hydrogen (secondary N) is 1. The van der Waals surface area contributed by atoms with Crippen LogP contribution in [0.4, 0.5) is 0 Å². The first-order valence-electron chi connectivity index (χ1n) is 11.0. The Morgan fingerprint density at radius 3 is 2.60 bits per heavy atom. The molecule has 0 atom stereocenters. The average molecular weight is 405 g/mol.